The first-order chi connectivity index (χ1) is 8.70. The van der Waals surface area contributed by atoms with Gasteiger partial charge in [-0.25, -0.2) is 0 Å². The van der Waals surface area contributed by atoms with Crippen molar-refractivity contribution in [3.8, 4) is 0 Å². The molecule has 0 aromatic heterocycles. The number of carbonyl (C=O) groups excluding carboxylic acids is 1. The molecular formula is C14H20N2O2. The number of ketones is 1. The molecule has 18 heavy (non-hydrogen) atoms. The molecule has 98 valence electrons. The summed E-state index contributed by atoms with van der Waals surface area (Å²) in [5.74, 6) is 0.107. The molecule has 0 aliphatic carbocycles. The number of hydrogen-bond donors (Lipinski definition) is 3. The summed E-state index contributed by atoms with van der Waals surface area (Å²) >= 11 is 0. The summed E-state index contributed by atoms with van der Waals surface area (Å²) in [6, 6.07) is 6.30. The number of aliphatic hydroxyl groups excluding tert-OH is 1. The third-order valence-electron chi connectivity index (χ3n) is 3.15. The highest BCUT2D eigenvalue weighted by atomic mass is 16.3. The Morgan fingerprint density at radius 3 is 3.17 bits per heavy atom. The zero-order chi connectivity index (χ0) is 13.0. The smallest absolute Gasteiger partial charge is 0.176 e. The Bertz CT molecular complexity index is 432. The zero-order valence-electron chi connectivity index (χ0n) is 10.7. The number of rotatable bonds is 6. The zero-order valence-corrected chi connectivity index (χ0v) is 10.7. The molecule has 1 atom stereocenters. The van der Waals surface area contributed by atoms with Gasteiger partial charge in [-0.05, 0) is 50.1 Å². The molecule has 0 radical (unpaired) electrons. The molecule has 1 aromatic rings. The topological polar surface area (TPSA) is 61.4 Å². The third-order valence-corrected chi connectivity index (χ3v) is 3.15. The van der Waals surface area contributed by atoms with Crippen molar-refractivity contribution in [1.82, 2.24) is 5.32 Å². The fraction of sp³-hybridized carbons (Fsp3) is 0.500. The van der Waals surface area contributed by atoms with E-state index in [-0.39, 0.29) is 12.4 Å². The molecule has 0 bridgehead atoms. The van der Waals surface area contributed by atoms with Crippen LogP contribution in [0.25, 0.3) is 0 Å². The van der Waals surface area contributed by atoms with Gasteiger partial charge in [0.25, 0.3) is 0 Å². The fourth-order valence-corrected chi connectivity index (χ4v) is 2.23. The van der Waals surface area contributed by atoms with Crippen molar-refractivity contribution < 1.29 is 9.90 Å². The first kappa shape index (κ1) is 13.1. The standard InChI is InChI=1S/C14H20N2O2/c1-10-7-12-8-11(3-4-13(12)16-10)14(18)9-15-5-2-6-17/h3-4,8,10,15-17H,2,5-7,9H2,1H3. The molecule has 3 N–H and O–H groups in total. The van der Waals surface area contributed by atoms with E-state index in [2.05, 4.69) is 17.6 Å². The molecule has 4 heteroatoms. The van der Waals surface area contributed by atoms with E-state index in [1.807, 2.05) is 18.2 Å². The maximum atomic E-state index is 11.9. The van der Waals surface area contributed by atoms with E-state index >= 15 is 0 Å². The van der Waals surface area contributed by atoms with Crippen LogP contribution in [0.3, 0.4) is 0 Å². The lowest BCUT2D eigenvalue weighted by Crippen LogP contribution is -2.24. The van der Waals surface area contributed by atoms with Crippen LogP contribution in [0.5, 0.6) is 0 Å². The van der Waals surface area contributed by atoms with Crippen LogP contribution < -0.4 is 10.6 Å². The minimum absolute atomic E-state index is 0.107. The van der Waals surface area contributed by atoms with Gasteiger partial charge in [0.15, 0.2) is 5.78 Å². The summed E-state index contributed by atoms with van der Waals surface area (Å²) in [5.41, 5.74) is 3.14. The van der Waals surface area contributed by atoms with Gasteiger partial charge in [0, 0.05) is 23.9 Å². The lowest BCUT2D eigenvalue weighted by Gasteiger charge is -2.05. The average molecular weight is 248 g/mol. The summed E-state index contributed by atoms with van der Waals surface area (Å²) in [4.78, 5) is 11.9. The van der Waals surface area contributed by atoms with E-state index in [4.69, 9.17) is 5.11 Å². The van der Waals surface area contributed by atoms with Crippen molar-refractivity contribution in [2.24, 2.45) is 0 Å². The van der Waals surface area contributed by atoms with Crippen LogP contribution in [-0.4, -0.2) is 36.6 Å². The molecular weight excluding hydrogens is 228 g/mol. The Hall–Kier alpha value is -1.39. The highest BCUT2D eigenvalue weighted by Gasteiger charge is 2.17. The number of benzene rings is 1. The Morgan fingerprint density at radius 1 is 1.56 bits per heavy atom. The quantitative estimate of drug-likeness (QED) is 0.523. The van der Waals surface area contributed by atoms with Crippen LogP contribution in [0.15, 0.2) is 18.2 Å². The van der Waals surface area contributed by atoms with Gasteiger partial charge < -0.3 is 15.7 Å². The molecule has 2 rings (SSSR count). The van der Waals surface area contributed by atoms with Crippen molar-refractivity contribution >= 4 is 11.5 Å². The normalized spacial score (nSPS) is 17.3. The minimum Gasteiger partial charge on any atom is -0.396 e. The highest BCUT2D eigenvalue weighted by molar-refractivity contribution is 5.98. The van der Waals surface area contributed by atoms with Crippen LogP contribution in [-0.2, 0) is 6.42 Å². The second-order valence-electron chi connectivity index (χ2n) is 4.80. The van der Waals surface area contributed by atoms with E-state index in [1.165, 1.54) is 5.56 Å². The van der Waals surface area contributed by atoms with Crippen LogP contribution in [0.2, 0.25) is 0 Å². The molecule has 0 amide bonds. The molecule has 1 aromatic carbocycles. The Morgan fingerprint density at radius 2 is 2.39 bits per heavy atom. The number of aliphatic hydroxyl groups is 1. The van der Waals surface area contributed by atoms with Crippen LogP contribution in [0.1, 0.15) is 29.3 Å². The van der Waals surface area contributed by atoms with Gasteiger partial charge in [-0.3, -0.25) is 4.79 Å². The lowest BCUT2D eigenvalue weighted by atomic mass is 10.0. The molecule has 0 spiro atoms. The number of Topliss-reactive ketones (excluding diaryl/α,β-unsaturated/α-hetero) is 1. The van der Waals surface area contributed by atoms with Crippen LogP contribution in [0, 0.1) is 0 Å². The van der Waals surface area contributed by atoms with Crippen molar-refractivity contribution in [2.75, 3.05) is 25.0 Å². The number of hydrogen-bond acceptors (Lipinski definition) is 4. The Kier molecular flexibility index (Phi) is 4.33. The first-order valence-electron chi connectivity index (χ1n) is 6.45. The van der Waals surface area contributed by atoms with Crippen molar-refractivity contribution in [3.05, 3.63) is 29.3 Å². The summed E-state index contributed by atoms with van der Waals surface area (Å²) < 4.78 is 0. The maximum absolute atomic E-state index is 11.9. The number of fused-ring (bicyclic) bond motifs is 1. The van der Waals surface area contributed by atoms with Crippen molar-refractivity contribution in [3.63, 3.8) is 0 Å². The predicted octanol–water partition coefficient (Wildman–Crippen LogP) is 1.20. The Balaban J connectivity index is 1.93. The van der Waals surface area contributed by atoms with Gasteiger partial charge in [0.1, 0.15) is 0 Å². The largest absolute Gasteiger partial charge is 0.396 e. The molecule has 1 aliphatic rings. The molecule has 0 saturated heterocycles. The van der Waals surface area contributed by atoms with Gasteiger partial charge in [0.05, 0.1) is 6.54 Å². The summed E-state index contributed by atoms with van der Waals surface area (Å²) in [6.07, 6.45) is 1.66. The first-order valence-corrected chi connectivity index (χ1v) is 6.45. The van der Waals surface area contributed by atoms with Gasteiger partial charge in [-0.1, -0.05) is 0 Å². The molecule has 0 saturated carbocycles. The maximum Gasteiger partial charge on any atom is 0.176 e. The summed E-state index contributed by atoms with van der Waals surface area (Å²) in [6.45, 7) is 3.30. The SMILES string of the molecule is CC1Cc2cc(C(=O)CNCCCO)ccc2N1. The fourth-order valence-electron chi connectivity index (χ4n) is 2.23. The molecule has 1 unspecified atom stereocenters. The number of carbonyl (C=O) groups is 1. The molecule has 4 nitrogen and oxygen atoms in total. The number of nitrogens with one attached hydrogen (secondary N) is 2. The van der Waals surface area contributed by atoms with E-state index in [9.17, 15) is 4.79 Å². The van der Waals surface area contributed by atoms with Gasteiger partial charge >= 0.3 is 0 Å². The van der Waals surface area contributed by atoms with Gasteiger partial charge in [-0.15, -0.1) is 0 Å². The second kappa shape index (κ2) is 5.98. The Labute approximate surface area is 107 Å². The summed E-state index contributed by atoms with van der Waals surface area (Å²) in [5, 5.41) is 15.1. The van der Waals surface area contributed by atoms with E-state index in [1.54, 1.807) is 0 Å². The predicted molar refractivity (Wildman–Crippen MR) is 72.1 cm³/mol. The van der Waals surface area contributed by atoms with Gasteiger partial charge in [-0.2, -0.15) is 0 Å². The summed E-state index contributed by atoms with van der Waals surface area (Å²) in [7, 11) is 0. The van der Waals surface area contributed by atoms with E-state index < -0.39 is 0 Å². The highest BCUT2D eigenvalue weighted by Crippen LogP contribution is 2.26. The van der Waals surface area contributed by atoms with Crippen LogP contribution in [0.4, 0.5) is 5.69 Å². The third kappa shape index (κ3) is 3.09. The number of anilines is 1. The minimum atomic E-state index is 0.107. The molecule has 1 aliphatic heterocycles. The second-order valence-corrected chi connectivity index (χ2v) is 4.80. The van der Waals surface area contributed by atoms with Crippen molar-refractivity contribution in [2.45, 2.75) is 25.8 Å². The molecule has 0 fully saturated rings. The lowest BCUT2D eigenvalue weighted by molar-refractivity contribution is 0.0990. The van der Waals surface area contributed by atoms with Gasteiger partial charge in [0.2, 0.25) is 0 Å². The van der Waals surface area contributed by atoms with E-state index in [0.717, 1.165) is 17.7 Å². The molecule has 1 heterocycles. The van der Waals surface area contributed by atoms with Crippen LogP contribution >= 0.6 is 0 Å². The van der Waals surface area contributed by atoms with E-state index in [0.29, 0.717) is 25.6 Å². The monoisotopic (exact) mass is 248 g/mol. The van der Waals surface area contributed by atoms with Crippen molar-refractivity contribution in [1.29, 1.82) is 0 Å². The average Bonchev–Trinajstić information content (AvgIpc) is 2.73.